The van der Waals surface area contributed by atoms with Crippen LogP contribution in [0.2, 0.25) is 0 Å². The van der Waals surface area contributed by atoms with Crippen LogP contribution in [-0.2, 0) is 26.1 Å². The van der Waals surface area contributed by atoms with Crippen LogP contribution in [-0.4, -0.2) is 48.9 Å². The summed E-state index contributed by atoms with van der Waals surface area (Å²) in [5, 5.41) is 17.6. The molecule has 2 aromatic carbocycles. The molecule has 3 rings (SSSR count). The molecular weight excluding hydrogens is 521 g/mol. The Morgan fingerprint density at radius 2 is 1.76 bits per heavy atom. The number of rotatable bonds is 10. The third-order valence-corrected chi connectivity index (χ3v) is 8.07. The molecule has 1 heterocycles. The molecule has 3 aromatic rings. The Kier molecular flexibility index (Phi) is 9.25. The number of aromatic nitrogens is 1. The first-order valence-corrected chi connectivity index (χ1v) is 13.3. The third kappa shape index (κ3) is 6.65. The number of benzene rings is 2. The highest BCUT2D eigenvalue weighted by Gasteiger charge is 2.24. The molecule has 0 radical (unpaired) electrons. The van der Waals surface area contributed by atoms with Crippen LogP contribution in [0.5, 0.6) is 0 Å². The van der Waals surface area contributed by atoms with Gasteiger partial charge < -0.3 is 9.30 Å². The number of hydrogen-bond acceptors (Lipinski definition) is 8. The molecule has 0 aliphatic heterocycles. The number of nitrogens with zero attached hydrogens (tertiary/aromatic N) is 5. The highest BCUT2D eigenvalue weighted by Crippen LogP contribution is 2.20. The molecule has 0 fully saturated rings. The monoisotopic (exact) mass is 543 g/mol. The lowest BCUT2D eigenvalue weighted by Crippen LogP contribution is -2.32. The Labute approximate surface area is 216 Å². The zero-order valence-corrected chi connectivity index (χ0v) is 21.4. The Bertz CT molecular complexity index is 1550. The van der Waals surface area contributed by atoms with Crippen LogP contribution in [0.15, 0.2) is 52.4 Å². The molecule has 0 aliphatic carbocycles. The number of halogens is 1. The number of fused-ring (bicyclic) bond motifs is 1. The van der Waals surface area contributed by atoms with Gasteiger partial charge in [-0.2, -0.15) is 19.8 Å². The summed E-state index contributed by atoms with van der Waals surface area (Å²) in [7, 11) is -3.99. The van der Waals surface area contributed by atoms with E-state index in [4.69, 9.17) is 15.3 Å². The van der Waals surface area contributed by atoms with E-state index >= 15 is 0 Å². The maximum Gasteiger partial charge on any atom is 0.326 e. The van der Waals surface area contributed by atoms with Crippen molar-refractivity contribution >= 4 is 43.5 Å². The lowest BCUT2D eigenvalue weighted by atomic mass is 10.2. The van der Waals surface area contributed by atoms with E-state index in [1.807, 2.05) is 12.1 Å². The smallest absolute Gasteiger partial charge is 0.326 e. The van der Waals surface area contributed by atoms with E-state index < -0.39 is 27.7 Å². The largest absolute Gasteiger partial charge is 0.465 e. The number of ether oxygens (including phenoxy) is 1. The van der Waals surface area contributed by atoms with E-state index in [9.17, 15) is 22.4 Å². The minimum absolute atomic E-state index is 0.0367. The Balaban J connectivity index is 1.95. The second-order valence-corrected chi connectivity index (χ2v) is 10.5. The van der Waals surface area contributed by atoms with Crippen molar-refractivity contribution in [3.63, 3.8) is 0 Å². The first-order valence-electron chi connectivity index (χ1n) is 11.1. The highest BCUT2D eigenvalue weighted by atomic mass is 32.2. The molecular formula is C24H22FN5O5S2. The molecule has 13 heteroatoms. The molecule has 0 bridgehead atoms. The normalized spacial score (nSPS) is 11.9. The molecule has 37 heavy (non-hydrogen) atoms. The van der Waals surface area contributed by atoms with Gasteiger partial charge in [0, 0.05) is 31.5 Å². The van der Waals surface area contributed by atoms with Gasteiger partial charge in [-0.1, -0.05) is 11.3 Å². The van der Waals surface area contributed by atoms with Crippen molar-refractivity contribution in [2.24, 2.45) is 4.99 Å². The van der Waals surface area contributed by atoms with Crippen molar-refractivity contribution in [2.45, 2.75) is 31.2 Å². The van der Waals surface area contributed by atoms with E-state index in [2.05, 4.69) is 4.99 Å². The average molecular weight is 544 g/mol. The minimum Gasteiger partial charge on any atom is -0.465 e. The highest BCUT2D eigenvalue weighted by molar-refractivity contribution is 7.89. The number of thiazole rings is 1. The molecule has 0 N–H and O–H groups in total. The molecule has 0 atom stereocenters. The second kappa shape index (κ2) is 12.4. The van der Waals surface area contributed by atoms with Crippen LogP contribution in [0.25, 0.3) is 10.2 Å². The van der Waals surface area contributed by atoms with Crippen molar-refractivity contribution in [2.75, 3.05) is 19.7 Å². The van der Waals surface area contributed by atoms with Crippen molar-refractivity contribution < 1.29 is 27.1 Å². The van der Waals surface area contributed by atoms with Crippen molar-refractivity contribution in [1.82, 2.24) is 8.87 Å². The fourth-order valence-corrected chi connectivity index (χ4v) is 5.89. The second-order valence-electron chi connectivity index (χ2n) is 7.55. The number of sulfonamides is 1. The molecule has 0 saturated carbocycles. The Hall–Kier alpha value is -3.91. The number of carbonyl (C=O) groups is 2. The van der Waals surface area contributed by atoms with Gasteiger partial charge in [0.15, 0.2) is 4.80 Å². The molecule has 192 valence electrons. The van der Waals surface area contributed by atoms with Crippen LogP contribution in [0.3, 0.4) is 0 Å². The van der Waals surface area contributed by atoms with Crippen LogP contribution in [0, 0.1) is 28.5 Å². The van der Waals surface area contributed by atoms with Crippen molar-refractivity contribution in [3.8, 4) is 12.1 Å². The number of hydrogen-bond donors (Lipinski definition) is 0. The van der Waals surface area contributed by atoms with Gasteiger partial charge >= 0.3 is 5.97 Å². The molecule has 1 aromatic heterocycles. The predicted molar refractivity (Wildman–Crippen MR) is 132 cm³/mol. The SMILES string of the molecule is CCOC(=O)Cn1c(=NC(=O)c2ccc(S(=O)(=O)N(CCC#N)CCC#N)cc2)sc2cc(F)ccc21. The van der Waals surface area contributed by atoms with Gasteiger partial charge in [-0.05, 0) is 49.4 Å². The number of esters is 1. The van der Waals surface area contributed by atoms with Gasteiger partial charge in [0.2, 0.25) is 10.0 Å². The standard InChI is InChI=1S/C24H22FN5O5S2/c1-2-35-22(31)16-30-20-10-7-18(25)15-21(20)36-24(30)28-23(32)17-5-8-19(9-6-17)37(33,34)29(13-3-11-26)14-4-12-27/h5-10,15H,2-4,13-14,16H2,1H3. The minimum atomic E-state index is -3.99. The van der Waals surface area contributed by atoms with Crippen molar-refractivity contribution in [1.29, 1.82) is 10.5 Å². The summed E-state index contributed by atoms with van der Waals surface area (Å²) in [6.07, 6.45) is -0.0735. The first kappa shape index (κ1) is 27.7. The van der Waals surface area contributed by atoms with Crippen LogP contribution in [0.4, 0.5) is 4.39 Å². The van der Waals surface area contributed by atoms with E-state index in [1.165, 1.54) is 47.0 Å². The lowest BCUT2D eigenvalue weighted by Gasteiger charge is -2.20. The van der Waals surface area contributed by atoms with Gasteiger partial charge in [-0.25, -0.2) is 12.8 Å². The zero-order valence-electron chi connectivity index (χ0n) is 19.8. The summed E-state index contributed by atoms with van der Waals surface area (Å²) in [6, 6.07) is 12.8. The van der Waals surface area contributed by atoms with Gasteiger partial charge in [-0.3, -0.25) is 9.59 Å². The Morgan fingerprint density at radius 1 is 1.11 bits per heavy atom. The fourth-order valence-electron chi connectivity index (χ4n) is 3.39. The van der Waals surface area contributed by atoms with E-state index in [0.717, 1.165) is 15.6 Å². The predicted octanol–water partition coefficient (Wildman–Crippen LogP) is 2.96. The average Bonchev–Trinajstić information content (AvgIpc) is 3.19. The quantitative estimate of drug-likeness (QED) is 0.357. The third-order valence-electron chi connectivity index (χ3n) is 5.12. The lowest BCUT2D eigenvalue weighted by molar-refractivity contribution is -0.143. The first-order chi connectivity index (χ1) is 17.7. The molecule has 0 aliphatic rings. The topological polar surface area (TPSA) is 146 Å². The molecule has 0 saturated heterocycles. The maximum atomic E-state index is 13.7. The molecule has 0 unspecified atom stereocenters. The number of amides is 1. The van der Waals surface area contributed by atoms with Crippen molar-refractivity contribution in [3.05, 3.63) is 58.6 Å². The maximum absolute atomic E-state index is 13.7. The zero-order chi connectivity index (χ0) is 27.0. The molecule has 10 nitrogen and oxygen atoms in total. The summed E-state index contributed by atoms with van der Waals surface area (Å²) in [4.78, 5) is 29.2. The van der Waals surface area contributed by atoms with Crippen LogP contribution in [0.1, 0.15) is 30.1 Å². The number of carbonyl (C=O) groups excluding carboxylic acids is 2. The van der Waals surface area contributed by atoms with E-state index in [0.29, 0.717) is 10.2 Å². The van der Waals surface area contributed by atoms with Gasteiger partial charge in [0.25, 0.3) is 5.91 Å². The van der Waals surface area contributed by atoms with Crippen LogP contribution >= 0.6 is 11.3 Å². The van der Waals surface area contributed by atoms with Gasteiger partial charge in [-0.15, -0.1) is 0 Å². The summed E-state index contributed by atoms with van der Waals surface area (Å²) >= 11 is 1.02. The molecule has 1 amide bonds. The summed E-state index contributed by atoms with van der Waals surface area (Å²) in [5.41, 5.74) is 0.591. The fraction of sp³-hybridized carbons (Fsp3) is 0.292. The summed E-state index contributed by atoms with van der Waals surface area (Å²) in [5.74, 6) is -1.72. The van der Waals surface area contributed by atoms with Gasteiger partial charge in [0.05, 0.1) is 33.9 Å². The summed E-state index contributed by atoms with van der Waals surface area (Å²) < 4.78 is 47.7. The Morgan fingerprint density at radius 3 is 2.35 bits per heavy atom. The number of nitriles is 2. The van der Waals surface area contributed by atoms with E-state index in [1.54, 1.807) is 6.92 Å². The van der Waals surface area contributed by atoms with Gasteiger partial charge in [0.1, 0.15) is 12.4 Å². The molecule has 0 spiro atoms. The van der Waals surface area contributed by atoms with E-state index in [-0.39, 0.29) is 54.3 Å². The van der Waals surface area contributed by atoms with Crippen LogP contribution < -0.4 is 4.80 Å². The summed E-state index contributed by atoms with van der Waals surface area (Å²) in [6.45, 7) is 1.47.